The van der Waals surface area contributed by atoms with Crippen LogP contribution in [0.2, 0.25) is 26.2 Å². The zero-order valence-electron chi connectivity index (χ0n) is 35.3. The average molecular weight is 1060 g/mol. The summed E-state index contributed by atoms with van der Waals surface area (Å²) >= 11 is 0. The Morgan fingerprint density at radius 1 is 0.467 bits per heavy atom. The van der Waals surface area contributed by atoms with Crippen LogP contribution in [-0.2, 0) is 52.4 Å². The Labute approximate surface area is 421 Å². The van der Waals surface area contributed by atoms with E-state index in [0.717, 1.165) is 13.1 Å². The van der Waals surface area contributed by atoms with Crippen molar-refractivity contribution >= 4 is 38.9 Å². The summed E-state index contributed by atoms with van der Waals surface area (Å²) in [6.07, 6.45) is 22.4. The standard InChI is InChI=1S/C30H30N2Si.C18H18N2Si.4ClH.2Zr/c1-21-19-27-25(15-17-31(27)23-11-7-5-8-12-23)29(21)33(3,4)30-22(2)20-28-26(30)16-18-32(28)24-13-9-6-10-14-24;1-11-9-13-5-7-19-15(13)17(11)21(3,4)18-12(2)10-14-6-8-20-16(14)18;;;;;;/h5-16,19-20H,17-18H2,1-4H3;5-10H,1-4H3;4*1H;;/q;;;;;;2*+4/p-4. The number of benzene rings is 2. The van der Waals surface area contributed by atoms with Gasteiger partial charge in [-0.25, -0.2) is 0 Å². The number of anilines is 2. The van der Waals surface area contributed by atoms with Gasteiger partial charge >= 0.3 is 52.4 Å². The SMILES string of the molecule is CC1=C([Si](C)(C)C2=C(C)C=C3C2=CCN3c2ccccc2)C2=CCN(c3ccccc3)C2=C1.CC1=C([Si](C)(C)C2=C(C)C=C3C=CN=C32)C2=NC=CC2=C1.[Cl-].[Cl-].[Cl-].[Cl-].[Zr+4].[Zr+4]. The average Bonchev–Trinajstić information content (AvgIpc) is 3.98. The third kappa shape index (κ3) is 8.51. The van der Waals surface area contributed by atoms with E-state index in [1.54, 1.807) is 10.4 Å². The molecule has 2 aromatic rings. The topological polar surface area (TPSA) is 31.2 Å². The van der Waals surface area contributed by atoms with Crippen LogP contribution in [0.4, 0.5) is 11.4 Å². The number of para-hydroxylation sites is 2. The zero-order chi connectivity index (χ0) is 37.5. The van der Waals surface area contributed by atoms with Crippen LogP contribution >= 0.6 is 0 Å². The molecular weight excluding hydrogens is 1010 g/mol. The van der Waals surface area contributed by atoms with Crippen LogP contribution in [0.3, 0.4) is 0 Å². The van der Waals surface area contributed by atoms with Gasteiger partial charge < -0.3 is 59.4 Å². The molecule has 60 heavy (non-hydrogen) atoms. The first-order valence-corrected chi connectivity index (χ1v) is 25.3. The first-order chi connectivity index (χ1) is 26.0. The van der Waals surface area contributed by atoms with Gasteiger partial charge in [-0.1, -0.05) is 74.7 Å². The predicted octanol–water partition coefficient (Wildman–Crippen LogP) is -0.672. The quantitative estimate of drug-likeness (QED) is 0.361. The molecule has 4 nitrogen and oxygen atoms in total. The minimum absolute atomic E-state index is 0. The fourth-order valence-corrected chi connectivity index (χ4v) is 18.5. The molecule has 10 rings (SSSR count). The molecular formula is C48H48Cl4N4Si2Zr2+4. The summed E-state index contributed by atoms with van der Waals surface area (Å²) in [7, 11) is -3.75. The Morgan fingerprint density at radius 3 is 1.17 bits per heavy atom. The van der Waals surface area contributed by atoms with Gasteiger partial charge in [-0.3, -0.25) is 9.98 Å². The van der Waals surface area contributed by atoms with Gasteiger partial charge in [-0.15, -0.1) is 0 Å². The molecule has 4 heterocycles. The predicted molar refractivity (Wildman–Crippen MR) is 235 cm³/mol. The van der Waals surface area contributed by atoms with E-state index in [4.69, 9.17) is 0 Å². The van der Waals surface area contributed by atoms with Crippen LogP contribution in [-0.4, -0.2) is 40.7 Å². The second-order valence-electron chi connectivity index (χ2n) is 16.5. The van der Waals surface area contributed by atoms with Gasteiger partial charge in [-0.05, 0) is 143 Å². The minimum atomic E-state index is -1.93. The summed E-state index contributed by atoms with van der Waals surface area (Å²) in [6, 6.07) is 21.6. The Balaban J connectivity index is 0.000000314. The van der Waals surface area contributed by atoms with Gasteiger partial charge in [0.2, 0.25) is 0 Å². The second-order valence-corrected chi connectivity index (χ2v) is 25.0. The fourth-order valence-electron chi connectivity index (χ4n) is 10.3. The van der Waals surface area contributed by atoms with Gasteiger partial charge in [0.25, 0.3) is 0 Å². The molecule has 0 bridgehead atoms. The third-order valence-electron chi connectivity index (χ3n) is 12.2. The molecule has 0 saturated carbocycles. The van der Waals surface area contributed by atoms with Crippen molar-refractivity contribution < 1.29 is 102 Å². The van der Waals surface area contributed by atoms with E-state index in [9.17, 15) is 0 Å². The number of fused-ring (bicyclic) bond motifs is 4. The number of aliphatic imine (C=N–C) groups is 2. The molecule has 0 radical (unpaired) electrons. The third-order valence-corrected chi connectivity index (χ3v) is 19.8. The van der Waals surface area contributed by atoms with Gasteiger partial charge in [0.15, 0.2) is 0 Å². The van der Waals surface area contributed by atoms with Crippen molar-refractivity contribution in [1.29, 1.82) is 0 Å². The maximum Gasteiger partial charge on any atom is 4.00 e. The van der Waals surface area contributed by atoms with Crippen LogP contribution in [0, 0.1) is 0 Å². The smallest absolute Gasteiger partial charge is 1.00 e. The summed E-state index contributed by atoms with van der Waals surface area (Å²) in [5, 5.41) is 6.17. The maximum absolute atomic E-state index is 4.63. The summed E-state index contributed by atoms with van der Waals surface area (Å²) in [4.78, 5) is 14.2. The molecule has 8 aliphatic rings. The minimum Gasteiger partial charge on any atom is -1.00 e. The molecule has 0 saturated heterocycles. The summed E-state index contributed by atoms with van der Waals surface area (Å²) in [5.74, 6) is 0. The molecule has 2 aromatic carbocycles. The van der Waals surface area contributed by atoms with E-state index in [0.29, 0.717) is 0 Å². The van der Waals surface area contributed by atoms with E-state index in [2.05, 4.69) is 183 Å². The van der Waals surface area contributed by atoms with E-state index in [-0.39, 0.29) is 102 Å². The zero-order valence-corrected chi connectivity index (χ0v) is 45.2. The van der Waals surface area contributed by atoms with Gasteiger partial charge in [0.1, 0.15) is 16.1 Å². The first-order valence-electron chi connectivity index (χ1n) is 19.3. The molecule has 0 atom stereocenters. The summed E-state index contributed by atoms with van der Waals surface area (Å²) in [6.45, 7) is 21.0. The van der Waals surface area contributed by atoms with Crippen molar-refractivity contribution in [2.45, 2.75) is 53.9 Å². The maximum atomic E-state index is 4.63. The van der Waals surface area contributed by atoms with E-state index in [1.165, 1.54) is 89.2 Å². The first kappa shape index (κ1) is 52.0. The second kappa shape index (κ2) is 20.0. The molecule has 4 aliphatic heterocycles. The largest absolute Gasteiger partial charge is 4.00 e. The van der Waals surface area contributed by atoms with E-state index < -0.39 is 16.1 Å². The Kier molecular flexibility index (Phi) is 17.3. The van der Waals surface area contributed by atoms with Crippen LogP contribution in [0.15, 0.2) is 208 Å². The molecule has 4 aliphatic carbocycles. The van der Waals surface area contributed by atoms with Crippen LogP contribution < -0.4 is 59.4 Å². The molecule has 0 aromatic heterocycles. The summed E-state index contributed by atoms with van der Waals surface area (Å²) < 4.78 is 0. The Hall–Kier alpha value is -2.38. The Morgan fingerprint density at radius 2 is 0.800 bits per heavy atom. The van der Waals surface area contributed by atoms with Gasteiger partial charge in [0.05, 0.1) is 11.4 Å². The normalized spacial score (nSPS) is 18.7. The molecule has 0 unspecified atom stereocenters. The Bertz CT molecular complexity index is 2360. The molecule has 12 heteroatoms. The van der Waals surface area contributed by atoms with Crippen molar-refractivity contribution in [1.82, 2.24) is 0 Å². The molecule has 0 N–H and O–H groups in total. The number of halogens is 4. The fraction of sp³-hybridized carbons (Fsp3) is 0.208. The van der Waals surface area contributed by atoms with Gasteiger partial charge in [0, 0.05) is 59.4 Å². The number of nitrogens with zero attached hydrogens (tertiary/aromatic N) is 4. The number of allylic oxidation sites excluding steroid dienone is 16. The molecule has 0 fully saturated rings. The van der Waals surface area contributed by atoms with E-state index in [1.807, 2.05) is 12.4 Å². The molecule has 300 valence electrons. The van der Waals surface area contributed by atoms with Crippen LogP contribution in [0.25, 0.3) is 0 Å². The van der Waals surface area contributed by atoms with Crippen molar-refractivity contribution in [2.24, 2.45) is 9.98 Å². The van der Waals surface area contributed by atoms with Crippen molar-refractivity contribution in [3.63, 3.8) is 0 Å². The van der Waals surface area contributed by atoms with Gasteiger partial charge in [-0.2, -0.15) is 0 Å². The van der Waals surface area contributed by atoms with Crippen LogP contribution in [0.5, 0.6) is 0 Å². The number of hydrogen-bond donors (Lipinski definition) is 0. The molecule has 0 spiro atoms. The van der Waals surface area contributed by atoms with Crippen molar-refractivity contribution in [3.05, 3.63) is 198 Å². The monoisotopic (exact) mass is 1060 g/mol. The number of rotatable bonds is 6. The van der Waals surface area contributed by atoms with Crippen LogP contribution in [0.1, 0.15) is 27.7 Å². The van der Waals surface area contributed by atoms with Crippen molar-refractivity contribution in [2.75, 3.05) is 22.9 Å². The summed E-state index contributed by atoms with van der Waals surface area (Å²) in [5.41, 5.74) is 18.9. The van der Waals surface area contributed by atoms with Crippen molar-refractivity contribution in [3.8, 4) is 0 Å². The molecule has 0 amide bonds. The van der Waals surface area contributed by atoms with E-state index >= 15 is 0 Å². The number of hydrogen-bond acceptors (Lipinski definition) is 4.